The van der Waals surface area contributed by atoms with E-state index in [1.54, 1.807) is 0 Å². The van der Waals surface area contributed by atoms with Crippen molar-refractivity contribution in [2.45, 2.75) is 0 Å². The van der Waals surface area contributed by atoms with Crippen LogP contribution in [-0.4, -0.2) is 0 Å². The van der Waals surface area contributed by atoms with E-state index in [0.717, 1.165) is 0 Å². The second kappa shape index (κ2) is 41.6. The van der Waals surface area contributed by atoms with Gasteiger partial charge in [0.05, 0.1) is 0 Å². The smallest absolute Gasteiger partial charge is 0.0449 e. The van der Waals surface area contributed by atoms with Gasteiger partial charge in [-0.3, -0.25) is 0 Å². The molecule has 0 nitrogen and oxygen atoms in total. The lowest BCUT2D eigenvalue weighted by molar-refractivity contribution is 1.57. The maximum atomic E-state index is 2.47. The van der Waals surface area contributed by atoms with E-state index >= 15 is 0 Å². The summed E-state index contributed by atoms with van der Waals surface area (Å²) < 4.78 is 0. The molecule has 0 aliphatic heterocycles. The summed E-state index contributed by atoms with van der Waals surface area (Å²) in [5, 5.41) is 4.91. The van der Waals surface area contributed by atoms with Gasteiger partial charge < -0.3 is 0 Å². The summed E-state index contributed by atoms with van der Waals surface area (Å²) in [5.74, 6) is 0. The van der Waals surface area contributed by atoms with Crippen molar-refractivity contribution in [3.63, 3.8) is 0 Å². The molecule has 0 aliphatic rings. The van der Waals surface area contributed by atoms with E-state index in [1.165, 1.54) is 265 Å². The Hall–Kier alpha value is -16.2. The van der Waals surface area contributed by atoms with Gasteiger partial charge in [0.15, 0.2) is 0 Å². The van der Waals surface area contributed by atoms with Gasteiger partial charge in [-0.15, -0.1) is 102 Å². The van der Waals surface area contributed by atoms with Crippen molar-refractivity contribution in [2.24, 2.45) is 0 Å². The molecule has 9 heterocycles. The van der Waals surface area contributed by atoms with Crippen LogP contribution in [-0.2, 0) is 0 Å². The van der Waals surface area contributed by atoms with E-state index in [0.29, 0.717) is 0 Å². The molecule has 0 N–H and O–H groups in total. The summed E-state index contributed by atoms with van der Waals surface area (Å²) in [6.07, 6.45) is 0. The SMILES string of the molecule is c1ccc(-c2ccc(-c3ccc(-c4c(-c5ccc(-c6ccc(-c7ccccc7)s6)cc5)c(-c5ccccc5)c5cc(-c6ccc(-c7ccccc7)s6)ccc5c4-c4ccccc4)cc3)s2)cc1.c1ccc(-c2ccc(-c3ccc(-c4ccc(-c5c(-c6ccc(-c7ccc(-c8ccc(-c9ccccc9)s8)s7)cc6)c(-c6ccccc6)c6cc(-c7ccc(-c8ccc(-c9ccccc9)s8)s7)ccc6c5-c5ccccc5)cc4)s3)s2)cc1. The Balaban J connectivity index is 0.000000154. The third-order valence-electron chi connectivity index (χ3n) is 27.8. The lowest BCUT2D eigenvalue weighted by Gasteiger charge is -2.25. The Kier molecular flexibility index (Phi) is 25.9. The van der Waals surface area contributed by atoms with Crippen LogP contribution in [0.3, 0.4) is 0 Å². The van der Waals surface area contributed by atoms with Gasteiger partial charge in [0.1, 0.15) is 0 Å². The molecule has 0 fully saturated rings. The van der Waals surface area contributed by atoms with E-state index in [-0.39, 0.29) is 0 Å². The molecule has 0 unspecified atom stereocenters. The van der Waals surface area contributed by atoms with Crippen LogP contribution in [0.5, 0.6) is 0 Å². The molecule has 18 aromatic carbocycles. The Morgan fingerprint density at radius 3 is 0.362 bits per heavy atom. The zero-order chi connectivity index (χ0) is 98.9. The quantitative estimate of drug-likeness (QED) is 0.0599. The molecular formula is C140H90S9. The predicted molar refractivity (Wildman–Crippen MR) is 654 cm³/mol. The molecular weight excluding hydrogens is 1970 g/mol. The topological polar surface area (TPSA) is 0 Å². The highest BCUT2D eigenvalue weighted by molar-refractivity contribution is 7.27. The maximum absolute atomic E-state index is 2.47. The highest BCUT2D eigenvalue weighted by Crippen LogP contribution is 2.57. The summed E-state index contributed by atoms with van der Waals surface area (Å²) in [7, 11) is 0. The first kappa shape index (κ1) is 92.6. The monoisotopic (exact) mass is 2060 g/mol. The molecule has 0 aliphatic carbocycles. The summed E-state index contributed by atoms with van der Waals surface area (Å²) in [6.45, 7) is 0. The Morgan fingerprint density at radius 2 is 0.188 bits per heavy atom. The molecule has 27 aromatic rings. The van der Waals surface area contributed by atoms with Gasteiger partial charge >= 0.3 is 0 Å². The Bertz CT molecular complexity index is 9390. The minimum Gasteiger partial charge on any atom is -0.135 e. The van der Waals surface area contributed by atoms with Crippen molar-refractivity contribution in [1.82, 2.24) is 0 Å². The molecule has 9 heteroatoms. The highest BCUT2D eigenvalue weighted by atomic mass is 32.1. The summed E-state index contributed by atoms with van der Waals surface area (Å²) in [6, 6.07) is 201. The lowest BCUT2D eigenvalue weighted by atomic mass is 9.78. The van der Waals surface area contributed by atoms with Crippen molar-refractivity contribution >= 4 is 124 Å². The van der Waals surface area contributed by atoms with Crippen LogP contribution in [0.4, 0.5) is 0 Å². The summed E-state index contributed by atoms with van der Waals surface area (Å²) in [5.41, 5.74) is 34.1. The number of thiophene rings is 9. The predicted octanol–water partition coefficient (Wildman–Crippen LogP) is 44.6. The zero-order valence-electron chi connectivity index (χ0n) is 80.6. The molecule has 0 saturated heterocycles. The molecule has 0 atom stereocenters. The third kappa shape index (κ3) is 18.9. The standard InChI is InChI=1S/C76H48S6.C64H42S3/c1-6-16-49(17-7-1)61-36-42-67(77-61)69-45-39-64(80-69)52-26-30-56(31-27-52)75-73(54-22-12-4-13-23-54)59-35-34-58(66-41-47-72(82-66)71-44-38-63(79-71)51-20-10-3-11-21-51)48-60(59)74(55-24-14-5-15-25-55)76(75)57-32-28-53(29-33-57)65-40-46-70(81-65)68-43-37-62(78-68)50-18-8-2-9-19-50;1-6-16-43(17-7-1)55-36-38-58(65-55)46-26-30-50(31-27-46)63-61(48-22-12-4-13-23-48)53-35-34-52(60-41-40-57(67-60)45-20-10-3-11-21-45)42-54(53)62(49-24-14-5-15-25-49)64(63)51-32-28-47(29-33-51)59-39-37-56(66-59)44-18-8-2-9-19-44/h1-48H;1-42H. The van der Waals surface area contributed by atoms with Gasteiger partial charge in [0.2, 0.25) is 0 Å². The van der Waals surface area contributed by atoms with Crippen LogP contribution < -0.4 is 0 Å². The first-order valence-electron chi connectivity index (χ1n) is 50.0. The molecule has 0 amide bonds. The van der Waals surface area contributed by atoms with Crippen LogP contribution >= 0.6 is 102 Å². The van der Waals surface area contributed by atoms with E-state index in [2.05, 4.69) is 546 Å². The molecule has 9 aromatic heterocycles. The van der Waals surface area contributed by atoms with E-state index < -0.39 is 0 Å². The lowest BCUT2D eigenvalue weighted by Crippen LogP contribution is -1.98. The van der Waals surface area contributed by atoms with E-state index in [9.17, 15) is 0 Å². The molecule has 0 bridgehead atoms. The van der Waals surface area contributed by atoms with Crippen LogP contribution in [0.2, 0.25) is 0 Å². The fourth-order valence-corrected chi connectivity index (χ4v) is 29.9. The van der Waals surface area contributed by atoms with Gasteiger partial charge in [-0.05, 0) is 299 Å². The Labute approximate surface area is 904 Å². The zero-order valence-corrected chi connectivity index (χ0v) is 88.0. The normalized spacial score (nSPS) is 11.4. The number of hydrogen-bond acceptors (Lipinski definition) is 9. The van der Waals surface area contributed by atoms with Gasteiger partial charge in [0.25, 0.3) is 0 Å². The van der Waals surface area contributed by atoms with Gasteiger partial charge in [-0.25, -0.2) is 0 Å². The van der Waals surface area contributed by atoms with Crippen LogP contribution in [0, 0.1) is 0 Å². The minimum absolute atomic E-state index is 1.17. The van der Waals surface area contributed by atoms with Crippen LogP contribution in [0.25, 0.3) is 265 Å². The van der Waals surface area contributed by atoms with Gasteiger partial charge in [-0.2, -0.15) is 0 Å². The van der Waals surface area contributed by atoms with Gasteiger partial charge in [0, 0.05) is 87.8 Å². The molecule has 27 rings (SSSR count). The first-order valence-corrected chi connectivity index (χ1v) is 57.3. The number of fused-ring (bicyclic) bond motifs is 2. The van der Waals surface area contributed by atoms with Crippen LogP contribution in [0.1, 0.15) is 0 Å². The minimum atomic E-state index is 1.17. The average Bonchev–Trinajstić information content (AvgIpc) is 1.65. The summed E-state index contributed by atoms with van der Waals surface area (Å²) >= 11 is 16.7. The first-order chi connectivity index (χ1) is 73.8. The highest BCUT2D eigenvalue weighted by Gasteiger charge is 2.30. The van der Waals surface area contributed by atoms with E-state index in [4.69, 9.17) is 0 Å². The van der Waals surface area contributed by atoms with Crippen molar-refractivity contribution in [1.29, 1.82) is 0 Å². The molecule has 704 valence electrons. The largest absolute Gasteiger partial charge is 0.135 e. The second-order valence-electron chi connectivity index (χ2n) is 37.0. The van der Waals surface area contributed by atoms with Crippen LogP contribution in [0.15, 0.2) is 546 Å². The van der Waals surface area contributed by atoms with Crippen molar-refractivity contribution in [3.05, 3.63) is 546 Å². The number of rotatable bonds is 23. The molecule has 149 heavy (non-hydrogen) atoms. The maximum Gasteiger partial charge on any atom is 0.0449 e. The van der Waals surface area contributed by atoms with Crippen molar-refractivity contribution in [3.8, 4) is 244 Å². The number of hydrogen-bond donors (Lipinski definition) is 0. The molecule has 0 radical (unpaired) electrons. The molecule has 0 saturated carbocycles. The summed E-state index contributed by atoms with van der Waals surface area (Å²) in [4.78, 5) is 22.9. The fraction of sp³-hybridized carbons (Fsp3) is 0. The van der Waals surface area contributed by atoms with Crippen molar-refractivity contribution in [2.75, 3.05) is 0 Å². The van der Waals surface area contributed by atoms with E-state index in [1.807, 2.05) is 102 Å². The average molecular weight is 2060 g/mol. The van der Waals surface area contributed by atoms with Gasteiger partial charge in [-0.1, -0.05) is 425 Å². The van der Waals surface area contributed by atoms with Crippen molar-refractivity contribution < 1.29 is 0 Å². The molecule has 0 spiro atoms. The number of benzene rings is 18. The Morgan fingerprint density at radius 1 is 0.0738 bits per heavy atom. The second-order valence-corrected chi connectivity index (χ2v) is 46.7. The third-order valence-corrected chi connectivity index (χ3v) is 38.7. The fourth-order valence-electron chi connectivity index (χ4n) is 20.6.